The molecular formula is C20H20N2O5. The summed E-state index contributed by atoms with van der Waals surface area (Å²) in [6, 6.07) is 10.6. The van der Waals surface area contributed by atoms with Crippen LogP contribution >= 0.6 is 0 Å². The predicted octanol–water partition coefficient (Wildman–Crippen LogP) is 2.11. The number of carbonyl (C=O) groups excluding carboxylic acids is 2. The first-order chi connectivity index (χ1) is 13.2. The Bertz CT molecular complexity index is 861. The molecule has 2 bridgehead atoms. The summed E-state index contributed by atoms with van der Waals surface area (Å²) in [6.45, 7) is 0.271. The molecule has 2 aliphatic heterocycles. The van der Waals surface area contributed by atoms with Gasteiger partial charge in [-0.1, -0.05) is 18.2 Å². The molecule has 0 spiro atoms. The van der Waals surface area contributed by atoms with Gasteiger partial charge in [-0.25, -0.2) is 0 Å². The Morgan fingerprint density at radius 3 is 2.56 bits per heavy atom. The normalized spacial score (nSPS) is 25.4. The van der Waals surface area contributed by atoms with Gasteiger partial charge in [-0.2, -0.15) is 0 Å². The van der Waals surface area contributed by atoms with Crippen LogP contribution in [0.3, 0.4) is 0 Å². The van der Waals surface area contributed by atoms with E-state index in [1.165, 1.54) is 0 Å². The number of carbonyl (C=O) groups is 2. The number of nitrogens with one attached hydrogen (secondary N) is 2. The van der Waals surface area contributed by atoms with Crippen LogP contribution in [-0.4, -0.2) is 31.1 Å². The second-order valence-electron chi connectivity index (χ2n) is 6.52. The number of fused-ring (bicyclic) bond motifs is 2. The van der Waals surface area contributed by atoms with E-state index in [1.807, 2.05) is 12.2 Å². The van der Waals surface area contributed by atoms with E-state index in [0.29, 0.717) is 17.2 Å². The zero-order chi connectivity index (χ0) is 18.8. The first-order valence-corrected chi connectivity index (χ1v) is 8.74. The topological polar surface area (TPSA) is 89.8 Å². The van der Waals surface area contributed by atoms with Crippen LogP contribution in [0.2, 0.25) is 0 Å². The second-order valence-corrected chi connectivity index (χ2v) is 6.52. The van der Waals surface area contributed by atoms with Crippen LogP contribution in [0.25, 0.3) is 0 Å². The maximum Gasteiger partial charge on any atom is 0.231 e. The van der Waals surface area contributed by atoms with Crippen molar-refractivity contribution < 1.29 is 23.5 Å². The smallest absolute Gasteiger partial charge is 0.231 e. The van der Waals surface area contributed by atoms with Gasteiger partial charge in [0.15, 0.2) is 0 Å². The van der Waals surface area contributed by atoms with E-state index < -0.39 is 24.0 Å². The average molecular weight is 368 g/mol. The molecule has 2 aromatic rings. The molecule has 3 heterocycles. The van der Waals surface area contributed by atoms with Gasteiger partial charge in [0.2, 0.25) is 11.8 Å². The largest absolute Gasteiger partial charge is 0.497 e. The molecule has 2 N–H and O–H groups in total. The van der Waals surface area contributed by atoms with Gasteiger partial charge in [0.25, 0.3) is 0 Å². The molecule has 27 heavy (non-hydrogen) atoms. The number of ether oxygens (including phenoxy) is 2. The van der Waals surface area contributed by atoms with E-state index >= 15 is 0 Å². The van der Waals surface area contributed by atoms with Crippen molar-refractivity contribution in [3.8, 4) is 5.75 Å². The number of rotatable bonds is 6. The first-order valence-electron chi connectivity index (χ1n) is 8.74. The molecular weight excluding hydrogens is 348 g/mol. The lowest BCUT2D eigenvalue weighted by molar-refractivity contribution is -0.131. The lowest BCUT2D eigenvalue weighted by Crippen LogP contribution is -2.44. The molecule has 7 heteroatoms. The number of amides is 2. The molecule has 2 amide bonds. The summed E-state index contributed by atoms with van der Waals surface area (Å²) in [4.78, 5) is 25.6. The standard InChI is InChI=1S/C20H20N2O5/c1-25-13-5-2-4-12(10-13)22-20(24)18-16-8-7-15(27-16)17(18)19(23)21-11-14-6-3-9-26-14/h2-10,15-18H,11H2,1H3,(H,21,23)(H,22,24). The van der Waals surface area contributed by atoms with E-state index in [9.17, 15) is 9.59 Å². The lowest BCUT2D eigenvalue weighted by Gasteiger charge is -2.23. The van der Waals surface area contributed by atoms with Crippen LogP contribution in [0.1, 0.15) is 5.76 Å². The van der Waals surface area contributed by atoms with Gasteiger partial charge in [0.1, 0.15) is 11.5 Å². The van der Waals surface area contributed by atoms with Crippen LogP contribution in [0.4, 0.5) is 5.69 Å². The molecule has 0 aliphatic carbocycles. The fourth-order valence-corrected chi connectivity index (χ4v) is 3.56. The second kappa shape index (κ2) is 7.28. The van der Waals surface area contributed by atoms with Crippen LogP contribution in [-0.2, 0) is 20.9 Å². The fraction of sp³-hybridized carbons (Fsp3) is 0.300. The third-order valence-electron chi connectivity index (χ3n) is 4.86. The quantitative estimate of drug-likeness (QED) is 0.763. The Labute approximate surface area is 156 Å². The van der Waals surface area contributed by atoms with Crippen molar-refractivity contribution in [3.05, 3.63) is 60.6 Å². The molecule has 2 aliphatic rings. The first kappa shape index (κ1) is 17.4. The lowest BCUT2D eigenvalue weighted by atomic mass is 9.81. The zero-order valence-corrected chi connectivity index (χ0v) is 14.8. The van der Waals surface area contributed by atoms with Crippen LogP contribution in [0, 0.1) is 11.8 Å². The molecule has 7 nitrogen and oxygen atoms in total. The van der Waals surface area contributed by atoms with E-state index in [1.54, 1.807) is 49.8 Å². The number of furan rings is 1. The fourth-order valence-electron chi connectivity index (χ4n) is 3.56. The van der Waals surface area contributed by atoms with Gasteiger partial charge in [-0.15, -0.1) is 0 Å². The van der Waals surface area contributed by atoms with Crippen molar-refractivity contribution in [2.24, 2.45) is 11.8 Å². The summed E-state index contributed by atoms with van der Waals surface area (Å²) >= 11 is 0. The van der Waals surface area contributed by atoms with Crippen LogP contribution < -0.4 is 15.4 Å². The Kier molecular flexibility index (Phi) is 4.68. The summed E-state index contributed by atoms with van der Waals surface area (Å²) in [6.07, 6.45) is 4.44. The van der Waals surface area contributed by atoms with Crippen molar-refractivity contribution in [1.82, 2.24) is 5.32 Å². The molecule has 1 aromatic heterocycles. The summed E-state index contributed by atoms with van der Waals surface area (Å²) < 4.78 is 16.2. The molecule has 4 rings (SSSR count). The van der Waals surface area contributed by atoms with Crippen molar-refractivity contribution in [2.75, 3.05) is 12.4 Å². The molecule has 0 saturated carbocycles. The van der Waals surface area contributed by atoms with Crippen molar-refractivity contribution in [1.29, 1.82) is 0 Å². The maximum atomic E-state index is 12.9. The van der Waals surface area contributed by atoms with E-state index in [0.717, 1.165) is 0 Å². The van der Waals surface area contributed by atoms with E-state index in [4.69, 9.17) is 13.9 Å². The SMILES string of the molecule is COc1cccc(NC(=O)C2C3C=CC(O3)C2C(=O)NCc2ccco2)c1. The van der Waals surface area contributed by atoms with Gasteiger partial charge in [0.05, 0.1) is 44.0 Å². The number of methoxy groups -OCH3 is 1. The average Bonchev–Trinajstić information content (AvgIpc) is 3.43. The Morgan fingerprint density at radius 1 is 1.07 bits per heavy atom. The highest BCUT2D eigenvalue weighted by Crippen LogP contribution is 2.40. The van der Waals surface area contributed by atoms with E-state index in [2.05, 4.69) is 10.6 Å². The zero-order valence-electron chi connectivity index (χ0n) is 14.8. The van der Waals surface area contributed by atoms with E-state index in [-0.39, 0.29) is 18.4 Å². The monoisotopic (exact) mass is 368 g/mol. The minimum atomic E-state index is -0.595. The van der Waals surface area contributed by atoms with Gasteiger partial charge < -0.3 is 24.5 Å². The van der Waals surface area contributed by atoms with Crippen LogP contribution in [0.15, 0.2) is 59.2 Å². The predicted molar refractivity (Wildman–Crippen MR) is 97.0 cm³/mol. The molecule has 4 unspecified atom stereocenters. The number of benzene rings is 1. The van der Waals surface area contributed by atoms with Gasteiger partial charge in [-0.3, -0.25) is 9.59 Å². The van der Waals surface area contributed by atoms with Gasteiger partial charge in [0, 0.05) is 11.8 Å². The third kappa shape index (κ3) is 3.46. The Hall–Kier alpha value is -3.06. The number of hydrogen-bond acceptors (Lipinski definition) is 5. The minimum absolute atomic E-state index is 0.228. The Balaban J connectivity index is 1.47. The molecule has 0 radical (unpaired) electrons. The van der Waals surface area contributed by atoms with Gasteiger partial charge >= 0.3 is 0 Å². The molecule has 4 atom stereocenters. The number of anilines is 1. The minimum Gasteiger partial charge on any atom is -0.497 e. The number of hydrogen-bond donors (Lipinski definition) is 2. The highest BCUT2D eigenvalue weighted by atomic mass is 16.5. The summed E-state index contributed by atoms with van der Waals surface area (Å²) in [5, 5.41) is 5.70. The maximum absolute atomic E-state index is 12.9. The molecule has 1 fully saturated rings. The van der Waals surface area contributed by atoms with Crippen molar-refractivity contribution >= 4 is 17.5 Å². The summed E-state index contributed by atoms with van der Waals surface area (Å²) in [5.41, 5.74) is 0.612. The molecule has 140 valence electrons. The third-order valence-corrected chi connectivity index (χ3v) is 4.86. The highest BCUT2D eigenvalue weighted by Gasteiger charge is 2.52. The van der Waals surface area contributed by atoms with Crippen molar-refractivity contribution in [3.63, 3.8) is 0 Å². The van der Waals surface area contributed by atoms with Crippen molar-refractivity contribution in [2.45, 2.75) is 18.8 Å². The summed E-state index contributed by atoms with van der Waals surface area (Å²) in [7, 11) is 1.56. The molecule has 1 saturated heterocycles. The summed E-state index contributed by atoms with van der Waals surface area (Å²) in [5.74, 6) is -0.361. The van der Waals surface area contributed by atoms with Crippen LogP contribution in [0.5, 0.6) is 5.75 Å². The van der Waals surface area contributed by atoms with Gasteiger partial charge in [-0.05, 0) is 24.3 Å². The molecule has 1 aromatic carbocycles. The Morgan fingerprint density at radius 2 is 1.85 bits per heavy atom. The highest BCUT2D eigenvalue weighted by molar-refractivity contribution is 5.97.